The van der Waals surface area contributed by atoms with E-state index in [0.717, 1.165) is 58.3 Å². The quantitative estimate of drug-likeness (QED) is 0.804. The zero-order valence-corrected chi connectivity index (χ0v) is 12.1. The Kier molecular flexibility index (Phi) is 3.96. The normalized spacial score (nSPS) is 34.2. The highest BCUT2D eigenvalue weighted by Gasteiger charge is 2.38. The number of carbonyl (C=O) groups is 2. The van der Waals surface area contributed by atoms with Gasteiger partial charge < -0.3 is 15.5 Å². The van der Waals surface area contributed by atoms with Gasteiger partial charge in [-0.2, -0.15) is 0 Å². The molecule has 2 heterocycles. The molecule has 3 rings (SSSR count). The number of carbonyl (C=O) groups excluding carboxylic acids is 2. The van der Waals surface area contributed by atoms with Gasteiger partial charge in [0.05, 0.1) is 0 Å². The summed E-state index contributed by atoms with van der Waals surface area (Å²) in [4.78, 5) is 28.3. The van der Waals surface area contributed by atoms with Crippen LogP contribution in [0.1, 0.15) is 38.5 Å². The average Bonchev–Trinajstić information content (AvgIpc) is 2.87. The van der Waals surface area contributed by atoms with Crippen LogP contribution in [0, 0.1) is 11.8 Å². The second-order valence-corrected chi connectivity index (χ2v) is 6.52. The minimum absolute atomic E-state index is 0.196. The number of hydrogen-bond acceptors (Lipinski definition) is 3. The fourth-order valence-corrected chi connectivity index (χ4v) is 3.97. The van der Waals surface area contributed by atoms with Crippen LogP contribution in [0.2, 0.25) is 0 Å². The van der Waals surface area contributed by atoms with E-state index in [0.29, 0.717) is 18.2 Å². The summed E-state index contributed by atoms with van der Waals surface area (Å²) >= 11 is 0. The Morgan fingerprint density at radius 2 is 1.90 bits per heavy atom. The Balaban J connectivity index is 1.55. The molecule has 1 unspecified atom stereocenters. The van der Waals surface area contributed by atoms with Crippen molar-refractivity contribution in [1.82, 2.24) is 9.80 Å². The van der Waals surface area contributed by atoms with Crippen molar-refractivity contribution in [3.8, 4) is 0 Å². The highest BCUT2D eigenvalue weighted by Crippen LogP contribution is 2.31. The van der Waals surface area contributed by atoms with E-state index in [1.165, 1.54) is 0 Å². The van der Waals surface area contributed by atoms with Gasteiger partial charge in [-0.25, -0.2) is 0 Å². The second-order valence-electron chi connectivity index (χ2n) is 6.52. The van der Waals surface area contributed by atoms with Gasteiger partial charge in [-0.15, -0.1) is 0 Å². The van der Waals surface area contributed by atoms with Gasteiger partial charge in [0.25, 0.3) is 0 Å². The monoisotopic (exact) mass is 279 g/mol. The molecule has 0 aromatic carbocycles. The fraction of sp³-hybridized carbons (Fsp3) is 0.867. The first-order valence-corrected chi connectivity index (χ1v) is 7.97. The average molecular weight is 279 g/mol. The smallest absolute Gasteiger partial charge is 0.225 e. The molecule has 5 heteroatoms. The summed E-state index contributed by atoms with van der Waals surface area (Å²) in [5.41, 5.74) is 5.71. The second kappa shape index (κ2) is 5.72. The Labute approximate surface area is 120 Å². The van der Waals surface area contributed by atoms with E-state index >= 15 is 0 Å². The van der Waals surface area contributed by atoms with Gasteiger partial charge >= 0.3 is 0 Å². The third-order valence-corrected chi connectivity index (χ3v) is 5.34. The van der Waals surface area contributed by atoms with Crippen LogP contribution in [-0.2, 0) is 9.59 Å². The van der Waals surface area contributed by atoms with Gasteiger partial charge in [0.2, 0.25) is 11.8 Å². The summed E-state index contributed by atoms with van der Waals surface area (Å²) in [6.07, 6.45) is 5.75. The van der Waals surface area contributed by atoms with Crippen molar-refractivity contribution in [2.24, 2.45) is 17.6 Å². The Morgan fingerprint density at radius 1 is 1.15 bits per heavy atom. The van der Waals surface area contributed by atoms with Crippen LogP contribution >= 0.6 is 0 Å². The molecule has 0 radical (unpaired) electrons. The molecule has 2 amide bonds. The summed E-state index contributed by atoms with van der Waals surface area (Å²) in [7, 11) is 0. The molecule has 1 atom stereocenters. The number of hydrogen-bond donors (Lipinski definition) is 1. The van der Waals surface area contributed by atoms with Gasteiger partial charge in [0.15, 0.2) is 0 Å². The third kappa shape index (κ3) is 2.55. The van der Waals surface area contributed by atoms with Crippen LogP contribution in [0.4, 0.5) is 0 Å². The highest BCUT2D eigenvalue weighted by atomic mass is 16.2. The van der Waals surface area contributed by atoms with Gasteiger partial charge in [0, 0.05) is 38.0 Å². The Morgan fingerprint density at radius 3 is 2.60 bits per heavy atom. The minimum atomic E-state index is 0.196. The molecule has 0 spiro atoms. The maximum absolute atomic E-state index is 12.6. The summed E-state index contributed by atoms with van der Waals surface area (Å²) in [6.45, 7) is 2.95. The predicted octanol–water partition coefficient (Wildman–Crippen LogP) is 0.585. The van der Waals surface area contributed by atoms with E-state index in [2.05, 4.69) is 0 Å². The van der Waals surface area contributed by atoms with E-state index < -0.39 is 0 Å². The maximum Gasteiger partial charge on any atom is 0.225 e. The number of amides is 2. The van der Waals surface area contributed by atoms with Crippen LogP contribution in [0.15, 0.2) is 0 Å². The lowest BCUT2D eigenvalue weighted by Crippen LogP contribution is -2.54. The zero-order chi connectivity index (χ0) is 14.1. The molecule has 1 saturated carbocycles. The van der Waals surface area contributed by atoms with Crippen molar-refractivity contribution < 1.29 is 9.59 Å². The summed E-state index contributed by atoms with van der Waals surface area (Å²) in [5, 5.41) is 0. The van der Waals surface area contributed by atoms with Gasteiger partial charge in [-0.3, -0.25) is 9.59 Å². The molecule has 20 heavy (non-hydrogen) atoms. The molecule has 3 fully saturated rings. The van der Waals surface area contributed by atoms with Gasteiger partial charge in [0.1, 0.15) is 0 Å². The zero-order valence-electron chi connectivity index (χ0n) is 12.1. The van der Waals surface area contributed by atoms with Crippen molar-refractivity contribution in [2.45, 2.75) is 44.6 Å². The number of piperazine rings is 1. The lowest BCUT2D eigenvalue weighted by atomic mass is 9.81. The number of rotatable bonds is 2. The highest BCUT2D eigenvalue weighted by molar-refractivity contribution is 5.81. The van der Waals surface area contributed by atoms with Crippen molar-refractivity contribution >= 4 is 11.8 Å². The van der Waals surface area contributed by atoms with Crippen molar-refractivity contribution in [3.63, 3.8) is 0 Å². The topological polar surface area (TPSA) is 66.6 Å². The summed E-state index contributed by atoms with van der Waals surface area (Å²) in [6, 6.07) is 0.278. The molecule has 1 aliphatic carbocycles. The number of nitrogens with zero attached hydrogens (tertiary/aromatic N) is 2. The molecule has 0 aromatic rings. The Bertz CT molecular complexity index is 391. The van der Waals surface area contributed by atoms with E-state index in [1.54, 1.807) is 0 Å². The van der Waals surface area contributed by atoms with E-state index in [4.69, 9.17) is 5.73 Å². The van der Waals surface area contributed by atoms with E-state index in [-0.39, 0.29) is 17.9 Å². The maximum atomic E-state index is 12.6. The molecule has 2 saturated heterocycles. The van der Waals surface area contributed by atoms with Crippen molar-refractivity contribution in [3.05, 3.63) is 0 Å². The Hall–Kier alpha value is -1.10. The van der Waals surface area contributed by atoms with Gasteiger partial charge in [-0.1, -0.05) is 0 Å². The first-order valence-electron chi connectivity index (χ1n) is 7.97. The van der Waals surface area contributed by atoms with Crippen LogP contribution < -0.4 is 5.73 Å². The third-order valence-electron chi connectivity index (χ3n) is 5.34. The molecule has 0 aromatic heterocycles. The largest absolute Gasteiger partial charge is 0.339 e. The molecule has 2 N–H and O–H groups in total. The van der Waals surface area contributed by atoms with Crippen molar-refractivity contribution in [1.29, 1.82) is 0 Å². The number of fused-ring (bicyclic) bond motifs is 1. The summed E-state index contributed by atoms with van der Waals surface area (Å²) < 4.78 is 0. The summed E-state index contributed by atoms with van der Waals surface area (Å²) in [5.74, 6) is 1.40. The fourth-order valence-electron chi connectivity index (χ4n) is 3.97. The molecular formula is C15H25N3O2. The molecule has 112 valence electrons. The minimum Gasteiger partial charge on any atom is -0.339 e. The molecule has 5 nitrogen and oxygen atoms in total. The van der Waals surface area contributed by atoms with Crippen LogP contribution in [-0.4, -0.2) is 53.8 Å². The molecule has 0 bridgehead atoms. The molecular weight excluding hydrogens is 254 g/mol. The van der Waals surface area contributed by atoms with E-state index in [1.807, 2.05) is 9.80 Å². The lowest BCUT2D eigenvalue weighted by Gasteiger charge is -2.40. The lowest BCUT2D eigenvalue weighted by molar-refractivity contribution is -0.143. The van der Waals surface area contributed by atoms with E-state index in [9.17, 15) is 9.59 Å². The predicted molar refractivity (Wildman–Crippen MR) is 75.8 cm³/mol. The SMILES string of the molecule is NCC1CCC(C(=O)N2CCN3C(=O)CCC3C2)CC1. The standard InChI is InChI=1S/C15H25N3O2/c16-9-11-1-3-12(4-2-11)15(20)17-7-8-18-13(10-17)5-6-14(18)19/h11-13H,1-10,16H2. The molecule has 3 aliphatic rings. The van der Waals surface area contributed by atoms with Crippen LogP contribution in [0.5, 0.6) is 0 Å². The first kappa shape index (κ1) is 13.9. The van der Waals surface area contributed by atoms with Crippen LogP contribution in [0.3, 0.4) is 0 Å². The van der Waals surface area contributed by atoms with Crippen LogP contribution in [0.25, 0.3) is 0 Å². The molecule has 2 aliphatic heterocycles. The number of nitrogens with two attached hydrogens (primary N) is 1. The van der Waals surface area contributed by atoms with Gasteiger partial charge in [-0.05, 0) is 44.6 Å². The first-order chi connectivity index (χ1) is 9.69. The van der Waals surface area contributed by atoms with Crippen molar-refractivity contribution in [2.75, 3.05) is 26.2 Å².